The first-order valence-electron chi connectivity index (χ1n) is 19.3. The topological polar surface area (TPSA) is 340 Å². The molecule has 2 atom stereocenters. The van der Waals surface area contributed by atoms with Crippen LogP contribution in [0.2, 0.25) is 0 Å². The molecule has 21 nitrogen and oxygen atoms in total. The fourth-order valence-electron chi connectivity index (χ4n) is 7.00. The van der Waals surface area contributed by atoms with Crippen molar-refractivity contribution in [3.8, 4) is 6.07 Å². The van der Waals surface area contributed by atoms with Gasteiger partial charge in [0.15, 0.2) is 17.0 Å². The summed E-state index contributed by atoms with van der Waals surface area (Å²) in [5, 5.41) is 34.4. The molecule has 0 radical (unpaired) electrons. The Morgan fingerprint density at radius 1 is 0.618 bits per heavy atom. The average molecular weight is 1010 g/mol. The number of pyridine rings is 1. The first kappa shape index (κ1) is 47.4. The van der Waals surface area contributed by atoms with E-state index < -0.39 is 66.6 Å². The first-order chi connectivity index (χ1) is 32.1. The molecule has 6 N–H and O–H groups in total. The molecule has 1 aliphatic heterocycles. The van der Waals surface area contributed by atoms with Gasteiger partial charge in [0.2, 0.25) is 5.17 Å². The minimum absolute atomic E-state index is 0.00635. The largest absolute Gasteiger partial charge is 0.339 e. The third-order valence-corrected chi connectivity index (χ3v) is 14.7. The highest BCUT2D eigenvalue weighted by Gasteiger charge is 2.33. The molecule has 1 aliphatic rings. The smallest absolute Gasteiger partial charge is 0.295 e. The minimum Gasteiger partial charge on any atom is -0.339 e. The van der Waals surface area contributed by atoms with Crippen molar-refractivity contribution in [2.75, 3.05) is 10.6 Å². The van der Waals surface area contributed by atoms with Gasteiger partial charge in [-0.3, -0.25) is 18.2 Å². The molecule has 0 bridgehead atoms. The first-order valence-corrected chi connectivity index (χ1v) is 25.9. The SMILES string of the molecule is Cc1c(C#N)c(Nc2ccc(S(=O)(=O)O)cc2)nc(Nc2ccc(S(=O)(=O)O)cc2)c1N=NC1=NC(c2ccc3ccccc3c2)C(N=Nc2cc(S(=O)(=O)O)c3cccc(S(=O)(=O)O)c3c2)S1. The average Bonchev–Trinajstić information content (AvgIpc) is 3.69. The summed E-state index contributed by atoms with van der Waals surface area (Å²) in [4.78, 5) is 7.28. The van der Waals surface area contributed by atoms with Gasteiger partial charge >= 0.3 is 0 Å². The highest BCUT2D eigenvalue weighted by molar-refractivity contribution is 8.14. The maximum atomic E-state index is 12.5. The number of azo groups is 2. The van der Waals surface area contributed by atoms with Crippen molar-refractivity contribution < 1.29 is 51.9 Å². The summed E-state index contributed by atoms with van der Waals surface area (Å²) in [7, 11) is -18.9. The van der Waals surface area contributed by atoms with Gasteiger partial charge in [-0.25, -0.2) is 9.98 Å². The van der Waals surface area contributed by atoms with E-state index in [4.69, 9.17) is 4.99 Å². The van der Waals surface area contributed by atoms with Gasteiger partial charge < -0.3 is 10.6 Å². The molecular weight excluding hydrogens is 983 g/mol. The van der Waals surface area contributed by atoms with Gasteiger partial charge in [0.05, 0.1) is 21.0 Å². The van der Waals surface area contributed by atoms with Gasteiger partial charge in [-0.2, -0.15) is 49.2 Å². The predicted octanol–water partition coefficient (Wildman–Crippen LogP) is 9.08. The second kappa shape index (κ2) is 18.2. The molecule has 0 fully saturated rings. The Labute approximate surface area is 391 Å². The van der Waals surface area contributed by atoms with Gasteiger partial charge in [0.1, 0.15) is 27.6 Å². The molecule has 6 aromatic carbocycles. The van der Waals surface area contributed by atoms with Crippen molar-refractivity contribution in [1.82, 2.24) is 4.98 Å². The van der Waals surface area contributed by atoms with E-state index in [0.29, 0.717) is 5.56 Å². The van der Waals surface area contributed by atoms with Gasteiger partial charge in [-0.05, 0) is 96.1 Å². The van der Waals surface area contributed by atoms with Crippen molar-refractivity contribution in [1.29, 1.82) is 5.26 Å². The lowest BCUT2D eigenvalue weighted by Crippen LogP contribution is -2.06. The monoisotopic (exact) mass is 1010 g/mol. The van der Waals surface area contributed by atoms with Crippen molar-refractivity contribution in [2.45, 2.75) is 37.9 Å². The lowest BCUT2D eigenvalue weighted by Gasteiger charge is -2.16. The number of thioether (sulfide) groups is 1. The molecule has 2 unspecified atom stereocenters. The lowest BCUT2D eigenvalue weighted by molar-refractivity contribution is 0.481. The number of nitriles is 1. The molecule has 2 heterocycles. The molecule has 0 saturated heterocycles. The van der Waals surface area contributed by atoms with Crippen molar-refractivity contribution in [3.63, 3.8) is 0 Å². The van der Waals surface area contributed by atoms with E-state index in [9.17, 15) is 57.1 Å². The number of fused-ring (bicyclic) bond motifs is 2. The summed E-state index contributed by atoms with van der Waals surface area (Å²) in [5.41, 5.74) is 1.18. The number of aliphatic imine (C=N–C) groups is 1. The van der Waals surface area contributed by atoms with Crippen molar-refractivity contribution in [3.05, 3.63) is 138 Å². The standard InChI is InChI=1S/C42H31N9O12S5/c1-23-34(22-43)39(44-27-11-15-30(16-12-27)65(52,53)54)47-40(45-28-13-17-31(18-14-28)66(55,56)57)37(23)49-51-42-46-38(26-10-9-24-5-2-3-6-25(24)19-26)41(64-42)50-48-29-20-33-32(36(21-29)68(61,62)63)7-4-8-35(33)67(58,59)60/h2-21,38,41H,1H3,(H2,44,45,47)(H,52,53,54)(H,55,56,57)(H,58,59,60)(H,61,62,63). The third kappa shape index (κ3) is 10.2. The fraction of sp³-hybridized carbons (Fsp3) is 0.0714. The van der Waals surface area contributed by atoms with Crippen LogP contribution in [0.1, 0.15) is 22.7 Å². The van der Waals surface area contributed by atoms with Gasteiger partial charge in [0, 0.05) is 27.7 Å². The van der Waals surface area contributed by atoms with E-state index >= 15 is 0 Å². The summed E-state index contributed by atoms with van der Waals surface area (Å²) >= 11 is 0.982. The van der Waals surface area contributed by atoms with E-state index in [1.807, 2.05) is 42.5 Å². The Morgan fingerprint density at radius 3 is 1.81 bits per heavy atom. The zero-order chi connectivity index (χ0) is 48.8. The summed E-state index contributed by atoms with van der Waals surface area (Å²) in [6, 6.07) is 29.9. The van der Waals surface area contributed by atoms with Gasteiger partial charge in [-0.1, -0.05) is 60.3 Å². The van der Waals surface area contributed by atoms with Crippen LogP contribution in [0.25, 0.3) is 21.5 Å². The van der Waals surface area contributed by atoms with E-state index in [1.165, 1.54) is 42.5 Å². The minimum atomic E-state index is -4.96. The number of rotatable bonds is 12. The number of hydrogen-bond donors (Lipinski definition) is 6. The van der Waals surface area contributed by atoms with Crippen LogP contribution in [-0.2, 0) is 40.5 Å². The highest BCUT2D eigenvalue weighted by Crippen LogP contribution is 2.43. The number of nitrogens with one attached hydrogen (secondary N) is 2. The van der Waals surface area contributed by atoms with E-state index in [2.05, 4.69) is 42.1 Å². The number of anilines is 4. The zero-order valence-corrected chi connectivity index (χ0v) is 38.5. The molecule has 0 spiro atoms. The fourth-order valence-corrected chi connectivity index (χ4v) is 10.3. The summed E-state index contributed by atoms with van der Waals surface area (Å²) in [6.45, 7) is 1.55. The Morgan fingerprint density at radius 2 is 1.22 bits per heavy atom. The normalized spacial score (nSPS) is 15.8. The molecule has 346 valence electrons. The number of benzene rings is 6. The molecular formula is C42H31N9O12S5. The Balaban J connectivity index is 1.21. The molecule has 0 amide bonds. The molecule has 26 heteroatoms. The predicted molar refractivity (Wildman–Crippen MR) is 251 cm³/mol. The van der Waals surface area contributed by atoms with Crippen LogP contribution < -0.4 is 10.6 Å². The van der Waals surface area contributed by atoms with E-state index in [-0.39, 0.29) is 66.3 Å². The molecule has 0 aliphatic carbocycles. The van der Waals surface area contributed by atoms with Crippen LogP contribution in [-0.4, -0.2) is 67.4 Å². The maximum Gasteiger partial charge on any atom is 0.295 e. The summed E-state index contributed by atoms with van der Waals surface area (Å²) < 4.78 is 135. The van der Waals surface area contributed by atoms with Crippen LogP contribution in [0.5, 0.6) is 0 Å². The van der Waals surface area contributed by atoms with E-state index in [1.54, 1.807) is 6.92 Å². The maximum absolute atomic E-state index is 12.5. The Kier molecular flexibility index (Phi) is 12.7. The summed E-state index contributed by atoms with van der Waals surface area (Å²) in [5.74, 6) is -0.0531. The molecule has 7 aromatic rings. The molecule has 68 heavy (non-hydrogen) atoms. The van der Waals surface area contributed by atoms with E-state index in [0.717, 1.165) is 58.9 Å². The van der Waals surface area contributed by atoms with Crippen LogP contribution in [0.15, 0.2) is 166 Å². The van der Waals surface area contributed by atoms with Gasteiger partial charge in [0.25, 0.3) is 40.5 Å². The zero-order valence-electron chi connectivity index (χ0n) is 34.4. The summed E-state index contributed by atoms with van der Waals surface area (Å²) in [6.07, 6.45) is 0. The Hall–Kier alpha value is -7.06. The van der Waals surface area contributed by atoms with Crippen molar-refractivity contribution >= 4 is 113 Å². The Bertz CT molecular complexity index is 3810. The van der Waals surface area contributed by atoms with Gasteiger partial charge in [-0.15, -0.1) is 10.2 Å². The van der Waals surface area contributed by atoms with Crippen molar-refractivity contribution in [2.24, 2.45) is 25.4 Å². The quantitative estimate of drug-likeness (QED) is 0.0490. The molecule has 0 saturated carbocycles. The second-order valence-electron chi connectivity index (χ2n) is 14.7. The molecule has 1 aromatic heterocycles. The number of aromatic nitrogens is 1. The third-order valence-electron chi connectivity index (χ3n) is 10.2. The number of hydrogen-bond acceptors (Lipinski definition) is 18. The number of amidine groups is 1. The van der Waals surface area contributed by atoms with Crippen LogP contribution in [0.4, 0.5) is 34.4 Å². The van der Waals surface area contributed by atoms with Crippen LogP contribution in [0.3, 0.4) is 0 Å². The highest BCUT2D eigenvalue weighted by atomic mass is 32.2. The molecule has 8 rings (SSSR count). The second-order valence-corrected chi connectivity index (χ2v) is 21.4. The van der Waals surface area contributed by atoms with Crippen LogP contribution in [0, 0.1) is 18.3 Å². The lowest BCUT2D eigenvalue weighted by atomic mass is 10.0. The number of nitrogens with zero attached hydrogens (tertiary/aromatic N) is 7. The van der Waals surface area contributed by atoms with Crippen LogP contribution >= 0.6 is 11.8 Å².